The molecule has 1 aliphatic rings. The lowest BCUT2D eigenvalue weighted by Crippen LogP contribution is -2.62. The maximum atomic E-state index is 14.6. The number of hydrogen-bond acceptors (Lipinski definition) is 11. The van der Waals surface area contributed by atoms with Crippen molar-refractivity contribution in [2.45, 2.75) is 115 Å². The van der Waals surface area contributed by atoms with E-state index in [4.69, 9.17) is 28.1 Å². The molecular formula is C31H42F2O10SSi. The van der Waals surface area contributed by atoms with E-state index in [1.165, 1.54) is 20.8 Å². The first-order valence-electron chi connectivity index (χ1n) is 14.8. The molecule has 3 rings (SSSR count). The van der Waals surface area contributed by atoms with Crippen molar-refractivity contribution in [1.82, 2.24) is 0 Å². The Morgan fingerprint density at radius 3 is 2.00 bits per heavy atom. The maximum Gasteiger partial charge on any atom is 0.341 e. The Hall–Kier alpha value is -2.81. The number of hydrogen-bond donors (Lipinski definition) is 0. The van der Waals surface area contributed by atoms with E-state index >= 15 is 0 Å². The first-order chi connectivity index (χ1) is 21.0. The fourth-order valence-electron chi connectivity index (χ4n) is 6.21. The van der Waals surface area contributed by atoms with E-state index in [1.807, 2.05) is 0 Å². The third kappa shape index (κ3) is 8.32. The van der Waals surface area contributed by atoms with Gasteiger partial charge in [0.15, 0.2) is 23.8 Å². The Balaban J connectivity index is 2.14. The first-order valence-corrected chi connectivity index (χ1v) is 18.7. The Kier molecular flexibility index (Phi) is 12.4. The Morgan fingerprint density at radius 2 is 1.47 bits per heavy atom. The van der Waals surface area contributed by atoms with Crippen LogP contribution in [0.2, 0.25) is 16.6 Å². The predicted octanol–water partition coefficient (Wildman–Crippen LogP) is 6.02. The average molecular weight is 673 g/mol. The molecule has 0 aliphatic carbocycles. The lowest BCUT2D eigenvalue weighted by molar-refractivity contribution is -0.241. The number of carbonyl (C=O) groups excluding carboxylic acids is 3. The molecule has 0 saturated carbocycles. The molecule has 0 N–H and O–H groups in total. The van der Waals surface area contributed by atoms with Crippen molar-refractivity contribution in [2.75, 3.05) is 6.61 Å². The van der Waals surface area contributed by atoms with Crippen LogP contribution in [0.1, 0.15) is 67.9 Å². The standard InChI is InChI=1S/C31H42F2O10SSi/c1-15(2)45(16(3)4,17(5)6)44-31-29(41-20(9)36)28(27(40-19(8)35)25(43-31)14-38-18(7)34)39-13-21-12-22-24(42-30(21)37)11-10-23(32)26(22)33/h10-12,15-17,25,27-29,31H,13-14H2,1-9H3/t25?,27-,28?,29-,31-/m0/s1. The number of esters is 3. The van der Waals surface area contributed by atoms with Gasteiger partial charge in [0.1, 0.15) is 37.1 Å². The van der Waals surface area contributed by atoms with Crippen LogP contribution in [0.4, 0.5) is 8.78 Å². The van der Waals surface area contributed by atoms with Crippen molar-refractivity contribution in [3.63, 3.8) is 0 Å². The number of rotatable bonds is 12. The number of benzene rings is 1. The first kappa shape index (κ1) is 36.7. The monoisotopic (exact) mass is 672 g/mol. The van der Waals surface area contributed by atoms with Crippen LogP contribution >= 0.6 is 11.2 Å². The third-order valence-corrected chi connectivity index (χ3v) is 20.6. The van der Waals surface area contributed by atoms with Crippen molar-refractivity contribution in [3.8, 4) is 0 Å². The van der Waals surface area contributed by atoms with Crippen LogP contribution in [0.5, 0.6) is 0 Å². The van der Waals surface area contributed by atoms with E-state index in [2.05, 4.69) is 41.5 Å². The van der Waals surface area contributed by atoms with Crippen molar-refractivity contribution in [3.05, 3.63) is 45.8 Å². The average Bonchev–Trinajstić information content (AvgIpc) is 2.92. The molecule has 2 heterocycles. The van der Waals surface area contributed by atoms with Crippen LogP contribution in [-0.4, -0.2) is 61.6 Å². The summed E-state index contributed by atoms with van der Waals surface area (Å²) in [6.45, 7) is 15.7. The van der Waals surface area contributed by atoms with Gasteiger partial charge in [-0.25, -0.2) is 13.6 Å². The molecule has 2 unspecified atom stereocenters. The summed E-state index contributed by atoms with van der Waals surface area (Å²) in [6, 6.07) is 3.11. The Bertz CT molecular complexity index is 1420. The quantitative estimate of drug-likeness (QED) is 0.114. The molecule has 1 aromatic carbocycles. The van der Waals surface area contributed by atoms with Gasteiger partial charge in [0, 0.05) is 20.8 Å². The molecule has 1 aliphatic heterocycles. The summed E-state index contributed by atoms with van der Waals surface area (Å²) in [4.78, 5) is 49.4. The Morgan fingerprint density at radius 1 is 0.889 bits per heavy atom. The zero-order valence-electron chi connectivity index (χ0n) is 27.0. The molecule has 10 nitrogen and oxygen atoms in total. The van der Waals surface area contributed by atoms with Crippen LogP contribution in [0, 0.1) is 11.6 Å². The highest BCUT2D eigenvalue weighted by Gasteiger charge is 2.55. The third-order valence-electron chi connectivity index (χ3n) is 7.98. The van der Waals surface area contributed by atoms with Gasteiger partial charge in [0.25, 0.3) is 0 Å². The molecule has 14 heteroatoms. The second-order valence-corrected chi connectivity index (χ2v) is 20.7. The van der Waals surface area contributed by atoms with Crippen LogP contribution in [0.15, 0.2) is 27.4 Å². The molecule has 2 aromatic rings. The predicted molar refractivity (Wildman–Crippen MR) is 166 cm³/mol. The number of carbonyl (C=O) groups is 3. The number of halogens is 2. The zero-order valence-corrected chi connectivity index (χ0v) is 28.8. The minimum atomic E-state index is -2.32. The lowest BCUT2D eigenvalue weighted by atomic mass is 9.99. The van der Waals surface area contributed by atoms with Gasteiger partial charge in [0.2, 0.25) is 0 Å². The van der Waals surface area contributed by atoms with Gasteiger partial charge in [0.05, 0.1) is 17.6 Å². The summed E-state index contributed by atoms with van der Waals surface area (Å²) in [5.41, 5.74) is -1.22. The Labute approximate surface area is 266 Å². The molecule has 45 heavy (non-hydrogen) atoms. The smallest absolute Gasteiger partial charge is 0.341 e. The summed E-state index contributed by atoms with van der Waals surface area (Å²) in [5, 5.41) is -0.268. The zero-order chi connectivity index (χ0) is 33.8. The number of ether oxygens (including phenoxy) is 5. The molecule has 1 saturated heterocycles. The molecule has 250 valence electrons. The van der Waals surface area contributed by atoms with Gasteiger partial charge in [-0.1, -0.05) is 41.5 Å². The fourth-order valence-corrected chi connectivity index (χ4v) is 16.2. The largest absolute Gasteiger partial charge is 0.463 e. The summed E-state index contributed by atoms with van der Waals surface area (Å²) in [7, 11) is -2.32. The molecule has 0 amide bonds. The van der Waals surface area contributed by atoms with Gasteiger partial charge in [-0.2, -0.15) is 11.2 Å². The highest BCUT2D eigenvalue weighted by atomic mass is 32.4. The second kappa shape index (κ2) is 15.2. The summed E-state index contributed by atoms with van der Waals surface area (Å²) in [6.07, 6.45) is -4.66. The molecule has 0 radical (unpaired) electrons. The molecular weight excluding hydrogens is 630 g/mol. The summed E-state index contributed by atoms with van der Waals surface area (Å²) < 4.78 is 63.1. The fraction of sp³-hybridized carbons (Fsp3) is 0.613. The summed E-state index contributed by atoms with van der Waals surface area (Å²) >= 11 is 1.59. The van der Waals surface area contributed by atoms with Gasteiger partial charge < -0.3 is 28.1 Å². The highest BCUT2D eigenvalue weighted by Crippen LogP contribution is 2.53. The second-order valence-electron chi connectivity index (χ2n) is 12.0. The SMILES string of the molecule is CC(=O)OCC1O[C@@H](S[Si](C(C)C)(C(C)C)C(C)C)[C@@H](OC(C)=O)C(OCc2cc3c(F)c(F)ccc3oc2=O)[C@H]1OC(C)=O. The van der Waals surface area contributed by atoms with E-state index in [9.17, 15) is 28.0 Å². The molecule has 0 spiro atoms. The lowest BCUT2D eigenvalue weighted by Gasteiger charge is -2.50. The normalized spacial score (nSPS) is 22.2. The van der Waals surface area contributed by atoms with Gasteiger partial charge >= 0.3 is 23.5 Å². The van der Waals surface area contributed by atoms with Crippen LogP contribution in [-0.2, 0) is 44.7 Å². The molecule has 1 aromatic heterocycles. The van der Waals surface area contributed by atoms with E-state index < -0.39 is 78.9 Å². The molecule has 0 bridgehead atoms. The maximum absolute atomic E-state index is 14.6. The summed E-state index contributed by atoms with van der Waals surface area (Å²) in [5.74, 6) is -4.29. The van der Waals surface area contributed by atoms with Crippen LogP contribution < -0.4 is 5.63 Å². The van der Waals surface area contributed by atoms with Gasteiger partial charge in [-0.15, -0.1) is 0 Å². The van der Waals surface area contributed by atoms with Gasteiger partial charge in [-0.05, 0) is 34.8 Å². The minimum absolute atomic E-state index is 0.153. The molecule has 5 atom stereocenters. The number of fused-ring (bicyclic) bond motifs is 1. The molecule has 1 fully saturated rings. The van der Waals surface area contributed by atoms with Crippen LogP contribution in [0.3, 0.4) is 0 Å². The van der Waals surface area contributed by atoms with Crippen molar-refractivity contribution < 1.29 is 51.3 Å². The van der Waals surface area contributed by atoms with Gasteiger partial charge in [-0.3, -0.25) is 14.4 Å². The van der Waals surface area contributed by atoms with Crippen LogP contribution in [0.25, 0.3) is 11.0 Å². The highest BCUT2D eigenvalue weighted by molar-refractivity contribution is 8.29. The van der Waals surface area contributed by atoms with E-state index in [1.54, 1.807) is 11.2 Å². The van der Waals surface area contributed by atoms with E-state index in [-0.39, 0.29) is 39.8 Å². The van der Waals surface area contributed by atoms with Crippen molar-refractivity contribution >= 4 is 47.3 Å². The van der Waals surface area contributed by atoms with E-state index in [0.29, 0.717) is 0 Å². The van der Waals surface area contributed by atoms with Crippen molar-refractivity contribution in [2.24, 2.45) is 0 Å². The van der Waals surface area contributed by atoms with Crippen molar-refractivity contribution in [1.29, 1.82) is 0 Å². The minimum Gasteiger partial charge on any atom is -0.463 e. The van der Waals surface area contributed by atoms with E-state index in [0.717, 1.165) is 18.2 Å². The topological polar surface area (TPSA) is 128 Å².